The Morgan fingerprint density at radius 3 is 2.30 bits per heavy atom. The molecular formula is C15H22FNO5S. The minimum atomic E-state index is -3.64. The molecule has 1 rings (SSSR count). The molecule has 6 nitrogen and oxygen atoms in total. The van der Waals surface area contributed by atoms with E-state index < -0.39 is 27.9 Å². The summed E-state index contributed by atoms with van der Waals surface area (Å²) >= 11 is 0. The first-order valence-corrected chi connectivity index (χ1v) is 8.84. The molecular weight excluding hydrogens is 325 g/mol. The highest BCUT2D eigenvalue weighted by Gasteiger charge is 2.21. The predicted molar refractivity (Wildman–Crippen MR) is 84.1 cm³/mol. The van der Waals surface area contributed by atoms with Crippen molar-refractivity contribution in [3.05, 3.63) is 35.6 Å². The second-order valence-electron chi connectivity index (χ2n) is 6.16. The number of nitrogens with one attached hydrogen (secondary N) is 1. The van der Waals surface area contributed by atoms with Gasteiger partial charge in [-0.05, 0) is 44.9 Å². The Morgan fingerprint density at radius 1 is 1.26 bits per heavy atom. The average Bonchev–Trinajstić information content (AvgIpc) is 2.35. The highest BCUT2D eigenvalue weighted by Crippen LogP contribution is 2.10. The van der Waals surface area contributed by atoms with E-state index in [9.17, 15) is 17.6 Å². The highest BCUT2D eigenvalue weighted by atomic mass is 32.2. The first-order valence-electron chi connectivity index (χ1n) is 7.03. The lowest BCUT2D eigenvalue weighted by Crippen LogP contribution is -2.43. The SMILES string of the molecule is CC(C)(C)OC(=O)NC(COS(C)(=O)=O)Cc1ccc(F)cc1. The molecule has 0 saturated carbocycles. The summed E-state index contributed by atoms with van der Waals surface area (Å²) in [6.45, 7) is 4.91. The van der Waals surface area contributed by atoms with Gasteiger partial charge < -0.3 is 10.1 Å². The molecule has 130 valence electrons. The number of benzene rings is 1. The van der Waals surface area contributed by atoms with Crippen LogP contribution in [0.2, 0.25) is 0 Å². The number of carbonyl (C=O) groups excluding carboxylic acids is 1. The molecule has 0 radical (unpaired) electrons. The summed E-state index contributed by atoms with van der Waals surface area (Å²) in [4.78, 5) is 11.8. The topological polar surface area (TPSA) is 81.7 Å². The van der Waals surface area contributed by atoms with Gasteiger partial charge in [-0.25, -0.2) is 9.18 Å². The zero-order valence-electron chi connectivity index (χ0n) is 13.6. The lowest BCUT2D eigenvalue weighted by atomic mass is 10.1. The van der Waals surface area contributed by atoms with Crippen LogP contribution in [0.25, 0.3) is 0 Å². The van der Waals surface area contributed by atoms with Crippen LogP contribution in [0.1, 0.15) is 26.3 Å². The number of halogens is 1. The van der Waals surface area contributed by atoms with Gasteiger partial charge in [0.25, 0.3) is 10.1 Å². The average molecular weight is 347 g/mol. The van der Waals surface area contributed by atoms with Gasteiger partial charge in [0, 0.05) is 0 Å². The van der Waals surface area contributed by atoms with Crippen molar-refractivity contribution in [2.75, 3.05) is 12.9 Å². The minimum absolute atomic E-state index is 0.241. The monoisotopic (exact) mass is 347 g/mol. The Balaban J connectivity index is 2.75. The Kier molecular flexibility index (Phi) is 6.52. The van der Waals surface area contributed by atoms with E-state index in [1.165, 1.54) is 12.1 Å². The Hall–Kier alpha value is -1.67. The first kappa shape index (κ1) is 19.4. The van der Waals surface area contributed by atoms with Gasteiger partial charge in [0.1, 0.15) is 11.4 Å². The fourth-order valence-electron chi connectivity index (χ4n) is 1.74. The van der Waals surface area contributed by atoms with Gasteiger partial charge in [-0.2, -0.15) is 8.42 Å². The Bertz CT molecular complexity index is 622. The molecule has 23 heavy (non-hydrogen) atoms. The molecule has 0 spiro atoms. The van der Waals surface area contributed by atoms with Crippen LogP contribution in [0.3, 0.4) is 0 Å². The van der Waals surface area contributed by atoms with Gasteiger partial charge in [0.2, 0.25) is 0 Å². The van der Waals surface area contributed by atoms with Crippen LogP contribution < -0.4 is 5.32 Å². The number of ether oxygens (including phenoxy) is 1. The smallest absolute Gasteiger partial charge is 0.407 e. The van der Waals surface area contributed by atoms with E-state index in [-0.39, 0.29) is 18.8 Å². The number of carbonyl (C=O) groups is 1. The molecule has 1 N–H and O–H groups in total. The molecule has 0 aromatic heterocycles. The Morgan fingerprint density at radius 2 is 1.83 bits per heavy atom. The van der Waals surface area contributed by atoms with Crippen molar-refractivity contribution in [2.45, 2.75) is 38.8 Å². The van der Waals surface area contributed by atoms with Crippen LogP contribution >= 0.6 is 0 Å². The quantitative estimate of drug-likeness (QED) is 0.798. The van der Waals surface area contributed by atoms with E-state index in [1.807, 2.05) is 0 Å². The van der Waals surface area contributed by atoms with Gasteiger partial charge in [-0.15, -0.1) is 0 Å². The third kappa shape index (κ3) is 9.14. The van der Waals surface area contributed by atoms with Crippen LogP contribution in [0.15, 0.2) is 24.3 Å². The highest BCUT2D eigenvalue weighted by molar-refractivity contribution is 7.85. The molecule has 0 aliphatic rings. The summed E-state index contributed by atoms with van der Waals surface area (Å²) in [7, 11) is -3.64. The number of alkyl carbamates (subject to hydrolysis) is 1. The number of amides is 1. The van der Waals surface area contributed by atoms with Crippen LogP contribution in [0.5, 0.6) is 0 Å². The van der Waals surface area contributed by atoms with E-state index in [0.717, 1.165) is 11.8 Å². The standard InChI is InChI=1S/C15H22FNO5S/c1-15(2,3)22-14(18)17-13(10-21-23(4,19)20)9-11-5-7-12(16)8-6-11/h5-8,13H,9-10H2,1-4H3,(H,17,18). The largest absolute Gasteiger partial charge is 0.444 e. The third-order valence-electron chi connectivity index (χ3n) is 2.60. The summed E-state index contributed by atoms with van der Waals surface area (Å²) < 4.78 is 45.1. The Labute approximate surface area is 136 Å². The molecule has 1 amide bonds. The second-order valence-corrected chi connectivity index (χ2v) is 7.81. The van der Waals surface area contributed by atoms with E-state index in [4.69, 9.17) is 8.92 Å². The summed E-state index contributed by atoms with van der Waals surface area (Å²) in [6.07, 6.45) is 0.520. The van der Waals surface area contributed by atoms with Gasteiger partial charge in [0.05, 0.1) is 18.9 Å². The number of hydrogen-bond acceptors (Lipinski definition) is 5. The number of rotatable bonds is 6. The molecule has 1 aromatic rings. The summed E-state index contributed by atoms with van der Waals surface area (Å²) in [5.74, 6) is -0.377. The first-order chi connectivity index (χ1) is 10.4. The van der Waals surface area contributed by atoms with E-state index in [0.29, 0.717) is 0 Å². The summed E-state index contributed by atoms with van der Waals surface area (Å²) in [5, 5.41) is 2.56. The van der Waals surface area contributed by atoms with Crippen molar-refractivity contribution in [2.24, 2.45) is 0 Å². The molecule has 0 fully saturated rings. The number of hydrogen-bond donors (Lipinski definition) is 1. The van der Waals surface area contributed by atoms with Gasteiger partial charge in [-0.1, -0.05) is 12.1 Å². The van der Waals surface area contributed by atoms with Gasteiger partial charge in [-0.3, -0.25) is 4.18 Å². The lowest BCUT2D eigenvalue weighted by molar-refractivity contribution is 0.0488. The fourth-order valence-corrected chi connectivity index (χ4v) is 2.15. The van der Waals surface area contributed by atoms with Gasteiger partial charge >= 0.3 is 6.09 Å². The van der Waals surface area contributed by atoms with Crippen LogP contribution in [0.4, 0.5) is 9.18 Å². The third-order valence-corrected chi connectivity index (χ3v) is 3.16. The van der Waals surface area contributed by atoms with Crippen molar-refractivity contribution >= 4 is 16.2 Å². The lowest BCUT2D eigenvalue weighted by Gasteiger charge is -2.23. The molecule has 0 saturated heterocycles. The molecule has 1 atom stereocenters. The predicted octanol–water partition coefficient (Wildman–Crippen LogP) is 2.24. The second kappa shape index (κ2) is 7.74. The zero-order chi connectivity index (χ0) is 17.7. The van der Waals surface area contributed by atoms with Crippen molar-refractivity contribution in [1.29, 1.82) is 0 Å². The molecule has 1 unspecified atom stereocenters. The van der Waals surface area contributed by atoms with Crippen molar-refractivity contribution in [3.8, 4) is 0 Å². The van der Waals surface area contributed by atoms with Crippen molar-refractivity contribution in [3.63, 3.8) is 0 Å². The summed E-state index contributed by atoms with van der Waals surface area (Å²) in [5.41, 5.74) is 0.0481. The van der Waals surface area contributed by atoms with Crippen LogP contribution in [-0.2, 0) is 25.5 Å². The molecule has 0 heterocycles. The molecule has 0 bridgehead atoms. The minimum Gasteiger partial charge on any atom is -0.444 e. The fraction of sp³-hybridized carbons (Fsp3) is 0.533. The van der Waals surface area contributed by atoms with E-state index >= 15 is 0 Å². The van der Waals surface area contributed by atoms with Crippen LogP contribution in [-0.4, -0.2) is 39.0 Å². The van der Waals surface area contributed by atoms with Crippen molar-refractivity contribution < 1.29 is 26.5 Å². The molecule has 0 aliphatic carbocycles. The maximum absolute atomic E-state index is 12.9. The van der Waals surface area contributed by atoms with Crippen LogP contribution in [0, 0.1) is 5.82 Å². The maximum Gasteiger partial charge on any atom is 0.407 e. The van der Waals surface area contributed by atoms with E-state index in [2.05, 4.69) is 5.32 Å². The molecule has 0 aliphatic heterocycles. The maximum atomic E-state index is 12.9. The summed E-state index contributed by atoms with van der Waals surface area (Å²) in [6, 6.07) is 5.05. The van der Waals surface area contributed by atoms with Crippen molar-refractivity contribution in [1.82, 2.24) is 5.32 Å². The van der Waals surface area contributed by atoms with Gasteiger partial charge in [0.15, 0.2) is 0 Å². The normalized spacial score (nSPS) is 13.4. The zero-order valence-corrected chi connectivity index (χ0v) is 14.4. The molecule has 1 aromatic carbocycles. The molecule has 8 heteroatoms. The van der Waals surface area contributed by atoms with E-state index in [1.54, 1.807) is 32.9 Å².